The van der Waals surface area contributed by atoms with Crippen LogP contribution in [0.2, 0.25) is 0 Å². The molecule has 0 aliphatic carbocycles. The van der Waals surface area contributed by atoms with E-state index in [0.717, 1.165) is 34.2 Å². The number of aliphatic imine (C=N–C) groups is 6. The van der Waals surface area contributed by atoms with Crippen LogP contribution >= 0.6 is 0 Å². The molecular weight excluding hydrogens is 636 g/mol. The number of H-pyrrole nitrogens is 3. The summed E-state index contributed by atoms with van der Waals surface area (Å²) in [6.07, 6.45) is -0.386. The van der Waals surface area contributed by atoms with E-state index in [0.29, 0.717) is 68.9 Å². The number of aryl methyl sites for hydroxylation is 3. The third-order valence-corrected chi connectivity index (χ3v) is 8.22. The Balaban J connectivity index is 1.21. The summed E-state index contributed by atoms with van der Waals surface area (Å²) in [7, 11) is 1.73. The van der Waals surface area contributed by atoms with E-state index < -0.39 is 6.17 Å². The molecule has 12 N–H and O–H groups in total. The normalized spacial score (nSPS) is 21.9. The Labute approximate surface area is 291 Å². The van der Waals surface area contributed by atoms with Gasteiger partial charge in [-0.05, 0) is 64.1 Å². The lowest BCUT2D eigenvalue weighted by Gasteiger charge is -2.34. The molecule has 3 aliphatic heterocycles. The van der Waals surface area contributed by atoms with Crippen LogP contribution in [0.15, 0.2) is 66.4 Å². The molecule has 6 heterocycles. The molecule has 3 aromatic heterocycles. The molecule has 266 valence electrons. The molecule has 18 heteroatoms. The second-order valence-electron chi connectivity index (χ2n) is 12.6. The second kappa shape index (κ2) is 15.1. The molecule has 0 saturated carbocycles. The van der Waals surface area contributed by atoms with Gasteiger partial charge in [0.15, 0.2) is 30.0 Å². The predicted octanol–water partition coefficient (Wildman–Crippen LogP) is 0.161. The largest absolute Gasteiger partial charge is 0.370 e. The van der Waals surface area contributed by atoms with Gasteiger partial charge in [-0.1, -0.05) is 0 Å². The first kappa shape index (κ1) is 33.9. The van der Waals surface area contributed by atoms with Crippen LogP contribution < -0.4 is 38.1 Å². The van der Waals surface area contributed by atoms with Crippen LogP contribution in [-0.2, 0) is 19.6 Å². The quantitative estimate of drug-likeness (QED) is 0.132. The van der Waals surface area contributed by atoms with Gasteiger partial charge in [0.2, 0.25) is 11.9 Å². The summed E-state index contributed by atoms with van der Waals surface area (Å²) in [5.41, 5.74) is 18.9. The van der Waals surface area contributed by atoms with Gasteiger partial charge in [-0.15, -0.1) is 0 Å². The zero-order valence-electron chi connectivity index (χ0n) is 29.2. The summed E-state index contributed by atoms with van der Waals surface area (Å²) in [4.78, 5) is 42.6. The lowest BCUT2D eigenvalue weighted by molar-refractivity contribution is 0.344. The van der Waals surface area contributed by atoms with Gasteiger partial charge in [-0.2, -0.15) is 0 Å². The molecule has 0 radical (unpaired) electrons. The van der Waals surface area contributed by atoms with Crippen molar-refractivity contribution in [2.45, 2.75) is 72.2 Å². The Morgan fingerprint density at radius 2 is 1.32 bits per heavy atom. The van der Waals surface area contributed by atoms with E-state index in [9.17, 15) is 0 Å². The van der Waals surface area contributed by atoms with Crippen molar-refractivity contribution in [1.82, 2.24) is 51.3 Å². The highest BCUT2D eigenvalue weighted by Gasteiger charge is 2.27. The number of rotatable bonds is 11. The third kappa shape index (κ3) is 8.94. The van der Waals surface area contributed by atoms with Gasteiger partial charge in [0.1, 0.15) is 12.3 Å². The zero-order valence-corrected chi connectivity index (χ0v) is 29.2. The molecule has 18 nitrogen and oxygen atoms in total. The van der Waals surface area contributed by atoms with Crippen LogP contribution in [0.25, 0.3) is 0 Å². The Kier molecular flexibility index (Phi) is 10.2. The molecule has 0 spiro atoms. The molecule has 0 saturated heterocycles. The second-order valence-corrected chi connectivity index (χ2v) is 12.6. The number of aromatic amines is 3. The smallest absolute Gasteiger partial charge is 0.203 e. The van der Waals surface area contributed by atoms with Crippen molar-refractivity contribution in [3.63, 3.8) is 0 Å². The number of hydrogen-bond acceptors (Lipinski definition) is 11. The summed E-state index contributed by atoms with van der Waals surface area (Å²) in [6, 6.07) is 12.3. The summed E-state index contributed by atoms with van der Waals surface area (Å²) >= 11 is 0. The van der Waals surface area contributed by atoms with Crippen LogP contribution in [0.1, 0.15) is 47.5 Å². The number of aromatic nitrogens is 3. The molecule has 3 unspecified atom stereocenters. The Bertz CT molecular complexity index is 1820. The van der Waals surface area contributed by atoms with Gasteiger partial charge in [-0.25, -0.2) is 25.0 Å². The summed E-state index contributed by atoms with van der Waals surface area (Å²) in [5.74, 6) is 3.08. The van der Waals surface area contributed by atoms with E-state index >= 15 is 0 Å². The van der Waals surface area contributed by atoms with Gasteiger partial charge in [0.05, 0.1) is 26.2 Å². The Morgan fingerprint density at radius 1 is 0.700 bits per heavy atom. The van der Waals surface area contributed by atoms with E-state index in [1.807, 2.05) is 39.8 Å². The number of nitrogens with zero attached hydrogens (tertiary/aromatic N) is 8. The highest BCUT2D eigenvalue weighted by Crippen LogP contribution is 2.14. The first-order chi connectivity index (χ1) is 24.1. The summed E-state index contributed by atoms with van der Waals surface area (Å²) in [5, 5.41) is 16.2. The number of nitrogens with one attached hydrogen (secondary N) is 8. The SMILES string of the molecule is CN=C1NC(N(Cc2ccc(C)[nH]2)CC2N=C(N)NC(N(CCC3N=C(N)NC(=NCc4ccc(C)[nH]4)N3)Cc3ccc(C)[nH]3)=N2)=NC(C)N1. The molecule has 6 rings (SSSR count). The van der Waals surface area contributed by atoms with Crippen molar-refractivity contribution in [2.75, 3.05) is 20.1 Å². The molecule has 0 aromatic carbocycles. The zero-order chi connectivity index (χ0) is 35.2. The monoisotopic (exact) mass is 684 g/mol. The first-order valence-electron chi connectivity index (χ1n) is 16.7. The van der Waals surface area contributed by atoms with E-state index in [4.69, 9.17) is 21.5 Å². The lowest BCUT2D eigenvalue weighted by Crippen LogP contribution is -2.57. The Morgan fingerprint density at radius 3 is 1.96 bits per heavy atom. The number of guanidine groups is 6. The minimum atomic E-state index is -0.520. The van der Waals surface area contributed by atoms with Crippen LogP contribution in [0.5, 0.6) is 0 Å². The molecule has 3 aromatic rings. The van der Waals surface area contributed by atoms with E-state index in [-0.39, 0.29) is 18.3 Å². The average Bonchev–Trinajstić information content (AvgIpc) is 3.81. The maximum Gasteiger partial charge on any atom is 0.203 e. The molecule has 3 atom stereocenters. The standard InChI is InChI=1S/C32H48N18/c1-18-6-9-22(37-18)14-36-30-44-25(42-27(33)46-30)12-13-49(15-23-10-7-19(2)38-23)32-45-26(43-28(34)47-32)17-50(16-24-11-8-20(3)39-24)31-41-21(4)40-29(35-5)48-31/h6-11,21,25-26,37-39H,12-17H2,1-5H3,(H3,34,43,45,47)(H2,35,40,41,48)(H4,33,36,42,44,46). The molecule has 3 aliphatic rings. The summed E-state index contributed by atoms with van der Waals surface area (Å²) < 4.78 is 0. The van der Waals surface area contributed by atoms with Crippen molar-refractivity contribution in [2.24, 2.45) is 41.4 Å². The van der Waals surface area contributed by atoms with Crippen LogP contribution in [0.3, 0.4) is 0 Å². The average molecular weight is 685 g/mol. The van der Waals surface area contributed by atoms with Crippen LogP contribution in [0, 0.1) is 20.8 Å². The molecule has 0 fully saturated rings. The molecule has 0 amide bonds. The van der Waals surface area contributed by atoms with Crippen molar-refractivity contribution >= 4 is 35.8 Å². The molecule has 0 bridgehead atoms. The Hall–Kier alpha value is -5.94. The first-order valence-corrected chi connectivity index (χ1v) is 16.7. The minimum absolute atomic E-state index is 0.165. The van der Waals surface area contributed by atoms with Crippen molar-refractivity contribution < 1.29 is 0 Å². The van der Waals surface area contributed by atoms with Crippen molar-refractivity contribution in [3.05, 3.63) is 70.6 Å². The maximum absolute atomic E-state index is 6.43. The van der Waals surface area contributed by atoms with Gasteiger partial charge in [-0.3, -0.25) is 20.9 Å². The van der Waals surface area contributed by atoms with E-state index in [2.05, 4.69) is 95.6 Å². The van der Waals surface area contributed by atoms with Gasteiger partial charge in [0, 0.05) is 54.2 Å². The van der Waals surface area contributed by atoms with Crippen molar-refractivity contribution in [1.29, 1.82) is 0 Å². The fourth-order valence-electron chi connectivity index (χ4n) is 5.89. The highest BCUT2D eigenvalue weighted by molar-refractivity contribution is 6.01. The minimum Gasteiger partial charge on any atom is -0.370 e. The molecular formula is C32H48N18. The van der Waals surface area contributed by atoms with Gasteiger partial charge >= 0.3 is 0 Å². The van der Waals surface area contributed by atoms with Crippen molar-refractivity contribution in [3.8, 4) is 0 Å². The number of nitrogens with two attached hydrogens (primary N) is 2. The van der Waals surface area contributed by atoms with Gasteiger partial charge < -0.3 is 46.9 Å². The maximum atomic E-state index is 6.43. The lowest BCUT2D eigenvalue weighted by atomic mass is 10.3. The topological polar surface area (TPSA) is 240 Å². The summed E-state index contributed by atoms with van der Waals surface area (Å²) in [6.45, 7) is 10.6. The third-order valence-electron chi connectivity index (χ3n) is 8.22. The van der Waals surface area contributed by atoms with Gasteiger partial charge in [0.25, 0.3) is 0 Å². The fraction of sp³-hybridized carbons (Fsp3) is 0.438. The van der Waals surface area contributed by atoms with Crippen LogP contribution in [0.4, 0.5) is 0 Å². The predicted molar refractivity (Wildman–Crippen MR) is 197 cm³/mol. The van der Waals surface area contributed by atoms with Crippen LogP contribution in [-0.4, -0.2) is 99.1 Å². The highest BCUT2D eigenvalue weighted by atomic mass is 15.4. The molecule has 50 heavy (non-hydrogen) atoms. The number of hydrogen-bond donors (Lipinski definition) is 10. The van der Waals surface area contributed by atoms with E-state index in [1.165, 1.54) is 0 Å². The van der Waals surface area contributed by atoms with E-state index in [1.54, 1.807) is 7.05 Å². The fourth-order valence-corrected chi connectivity index (χ4v) is 5.89.